The highest BCUT2D eigenvalue weighted by molar-refractivity contribution is 5.93. The monoisotopic (exact) mass is 412 g/mol. The lowest BCUT2D eigenvalue weighted by atomic mass is 10.1. The molecule has 0 unspecified atom stereocenters. The van der Waals surface area contributed by atoms with Crippen molar-refractivity contribution < 1.29 is 27.1 Å². The van der Waals surface area contributed by atoms with Crippen LogP contribution in [0.3, 0.4) is 0 Å². The number of amides is 1. The predicted octanol–water partition coefficient (Wildman–Crippen LogP) is 3.01. The minimum Gasteiger partial charge on any atom is -0.495 e. The van der Waals surface area contributed by atoms with Crippen molar-refractivity contribution in [3.63, 3.8) is 0 Å². The van der Waals surface area contributed by atoms with Crippen LogP contribution in [0.4, 0.5) is 29.1 Å². The van der Waals surface area contributed by atoms with E-state index >= 15 is 0 Å². The van der Waals surface area contributed by atoms with Gasteiger partial charge >= 0.3 is 6.18 Å². The number of alkyl halides is 3. The second-order valence-electron chi connectivity index (χ2n) is 6.54. The fourth-order valence-corrected chi connectivity index (χ4v) is 3.08. The lowest BCUT2D eigenvalue weighted by molar-refractivity contribution is -0.137. The summed E-state index contributed by atoms with van der Waals surface area (Å²) in [6.07, 6.45) is -4.52. The normalized spacial score (nSPS) is 15.3. The molecule has 1 fully saturated rings. The minimum absolute atomic E-state index is 0.0177. The predicted molar refractivity (Wildman–Crippen MR) is 99.5 cm³/mol. The van der Waals surface area contributed by atoms with Gasteiger partial charge in [0.2, 0.25) is 11.9 Å². The number of pyridine rings is 1. The Kier molecular flexibility index (Phi) is 6.21. The molecule has 29 heavy (non-hydrogen) atoms. The largest absolute Gasteiger partial charge is 0.495 e. The smallest absolute Gasteiger partial charge is 0.416 e. The van der Waals surface area contributed by atoms with Crippen molar-refractivity contribution in [2.24, 2.45) is 0 Å². The lowest BCUT2D eigenvalue weighted by Gasteiger charge is -2.35. The average molecular weight is 412 g/mol. The summed E-state index contributed by atoms with van der Waals surface area (Å²) in [6.45, 7) is 2.19. The fraction of sp³-hybridized carbons (Fsp3) is 0.368. The van der Waals surface area contributed by atoms with Crippen LogP contribution in [0.25, 0.3) is 0 Å². The molecule has 6 nitrogen and oxygen atoms in total. The molecule has 1 saturated heterocycles. The van der Waals surface area contributed by atoms with E-state index in [2.05, 4.69) is 10.3 Å². The van der Waals surface area contributed by atoms with E-state index in [1.807, 2.05) is 9.80 Å². The van der Waals surface area contributed by atoms with Crippen molar-refractivity contribution in [3.8, 4) is 5.75 Å². The SMILES string of the molecule is COc1ccc(C(F)(F)F)cc1NC(=O)CN1CCN(c2cccc(F)n2)CC1. The van der Waals surface area contributed by atoms with E-state index in [0.29, 0.717) is 32.0 Å². The molecule has 1 N–H and O–H groups in total. The van der Waals surface area contributed by atoms with Gasteiger partial charge in [-0.2, -0.15) is 17.6 Å². The molecular formula is C19H20F4N4O2. The summed E-state index contributed by atoms with van der Waals surface area (Å²) in [7, 11) is 1.32. The third-order valence-electron chi connectivity index (χ3n) is 4.56. The fourth-order valence-electron chi connectivity index (χ4n) is 3.08. The number of aromatic nitrogens is 1. The highest BCUT2D eigenvalue weighted by Crippen LogP contribution is 2.34. The summed E-state index contributed by atoms with van der Waals surface area (Å²) in [4.78, 5) is 20.0. The van der Waals surface area contributed by atoms with Crippen molar-refractivity contribution in [3.05, 3.63) is 47.9 Å². The third kappa shape index (κ3) is 5.35. The van der Waals surface area contributed by atoms with Crippen LogP contribution >= 0.6 is 0 Å². The summed E-state index contributed by atoms with van der Waals surface area (Å²) in [5.41, 5.74) is -0.903. The van der Waals surface area contributed by atoms with Gasteiger partial charge in [0.05, 0.1) is 24.9 Å². The Bertz CT molecular complexity index is 868. The average Bonchev–Trinajstić information content (AvgIpc) is 2.67. The summed E-state index contributed by atoms with van der Waals surface area (Å²) in [5.74, 6) is -0.324. The molecule has 0 atom stereocenters. The standard InChI is InChI=1S/C19H20F4N4O2/c1-29-15-6-5-13(19(21,22)23)11-14(15)24-18(28)12-26-7-9-27(10-8-26)17-4-2-3-16(20)25-17/h2-6,11H,7-10,12H2,1H3,(H,24,28). The molecule has 1 aromatic heterocycles. The zero-order valence-corrected chi connectivity index (χ0v) is 15.7. The van der Waals surface area contributed by atoms with Crippen LogP contribution in [0.1, 0.15) is 5.56 Å². The second kappa shape index (κ2) is 8.64. The quantitative estimate of drug-likeness (QED) is 0.605. The first-order chi connectivity index (χ1) is 13.8. The molecule has 0 spiro atoms. The maximum absolute atomic E-state index is 13.3. The summed E-state index contributed by atoms with van der Waals surface area (Å²) in [5, 5.41) is 2.49. The minimum atomic E-state index is -4.52. The Labute approximate surface area is 165 Å². The molecule has 2 aromatic rings. The number of hydrogen-bond acceptors (Lipinski definition) is 5. The van der Waals surface area contributed by atoms with Crippen LogP contribution < -0.4 is 15.0 Å². The van der Waals surface area contributed by atoms with Gasteiger partial charge in [0.25, 0.3) is 0 Å². The molecule has 0 bridgehead atoms. The van der Waals surface area contributed by atoms with E-state index in [4.69, 9.17) is 4.74 Å². The number of hydrogen-bond donors (Lipinski definition) is 1. The summed E-state index contributed by atoms with van der Waals surface area (Å²) >= 11 is 0. The van der Waals surface area contributed by atoms with Crippen molar-refractivity contribution in [2.45, 2.75) is 6.18 Å². The number of piperazine rings is 1. The van der Waals surface area contributed by atoms with Crippen molar-refractivity contribution in [1.82, 2.24) is 9.88 Å². The number of methoxy groups -OCH3 is 1. The first-order valence-corrected chi connectivity index (χ1v) is 8.91. The first kappa shape index (κ1) is 20.8. The number of anilines is 2. The van der Waals surface area contributed by atoms with E-state index in [1.54, 1.807) is 12.1 Å². The lowest BCUT2D eigenvalue weighted by Crippen LogP contribution is -2.49. The van der Waals surface area contributed by atoms with Crippen LogP contribution in [-0.4, -0.2) is 55.6 Å². The zero-order valence-electron chi connectivity index (χ0n) is 15.7. The summed E-state index contributed by atoms with van der Waals surface area (Å²) < 4.78 is 57.1. The molecule has 1 amide bonds. The molecule has 2 heterocycles. The van der Waals surface area contributed by atoms with Crippen LogP contribution in [0, 0.1) is 5.95 Å². The van der Waals surface area contributed by atoms with Gasteiger partial charge < -0.3 is 15.0 Å². The van der Waals surface area contributed by atoms with Crippen molar-refractivity contribution in [1.29, 1.82) is 0 Å². The van der Waals surface area contributed by atoms with Gasteiger partial charge in [0.1, 0.15) is 11.6 Å². The Morgan fingerprint density at radius 3 is 2.52 bits per heavy atom. The maximum Gasteiger partial charge on any atom is 0.416 e. The number of halogens is 4. The Balaban J connectivity index is 1.58. The number of nitrogens with zero attached hydrogens (tertiary/aromatic N) is 3. The van der Waals surface area contributed by atoms with E-state index in [9.17, 15) is 22.4 Å². The highest BCUT2D eigenvalue weighted by atomic mass is 19.4. The van der Waals surface area contributed by atoms with Gasteiger partial charge in [0, 0.05) is 26.2 Å². The van der Waals surface area contributed by atoms with E-state index in [0.717, 1.165) is 12.1 Å². The van der Waals surface area contributed by atoms with Crippen LogP contribution in [-0.2, 0) is 11.0 Å². The Morgan fingerprint density at radius 2 is 1.90 bits per heavy atom. The first-order valence-electron chi connectivity index (χ1n) is 8.91. The molecule has 0 aliphatic carbocycles. The van der Waals surface area contributed by atoms with E-state index < -0.39 is 23.6 Å². The molecule has 1 aliphatic heterocycles. The molecule has 1 aliphatic rings. The summed E-state index contributed by atoms with van der Waals surface area (Å²) in [6, 6.07) is 7.49. The number of carbonyl (C=O) groups excluding carboxylic acids is 1. The van der Waals surface area contributed by atoms with Gasteiger partial charge in [-0.05, 0) is 30.3 Å². The maximum atomic E-state index is 13.3. The molecular weight excluding hydrogens is 392 g/mol. The molecule has 0 saturated carbocycles. The molecule has 1 aromatic carbocycles. The van der Waals surface area contributed by atoms with Crippen LogP contribution in [0.2, 0.25) is 0 Å². The highest BCUT2D eigenvalue weighted by Gasteiger charge is 2.31. The molecule has 3 rings (SSSR count). The van der Waals surface area contributed by atoms with Gasteiger partial charge in [-0.25, -0.2) is 4.98 Å². The number of benzene rings is 1. The second-order valence-corrected chi connectivity index (χ2v) is 6.54. The Morgan fingerprint density at radius 1 is 1.17 bits per heavy atom. The number of carbonyl (C=O) groups is 1. The molecule has 0 radical (unpaired) electrons. The van der Waals surface area contributed by atoms with Crippen LogP contribution in [0.5, 0.6) is 5.75 Å². The van der Waals surface area contributed by atoms with Gasteiger partial charge in [-0.15, -0.1) is 0 Å². The van der Waals surface area contributed by atoms with Gasteiger partial charge in [-0.1, -0.05) is 6.07 Å². The van der Waals surface area contributed by atoms with Crippen molar-refractivity contribution >= 4 is 17.4 Å². The molecule has 156 valence electrons. The van der Waals surface area contributed by atoms with E-state index in [-0.39, 0.29) is 18.0 Å². The Hall–Kier alpha value is -2.88. The third-order valence-corrected chi connectivity index (χ3v) is 4.56. The number of ether oxygens (including phenoxy) is 1. The van der Waals surface area contributed by atoms with Gasteiger partial charge in [-0.3, -0.25) is 9.69 Å². The van der Waals surface area contributed by atoms with E-state index in [1.165, 1.54) is 19.2 Å². The van der Waals surface area contributed by atoms with Crippen LogP contribution in [0.15, 0.2) is 36.4 Å². The van der Waals surface area contributed by atoms with Gasteiger partial charge in [0.15, 0.2) is 0 Å². The topological polar surface area (TPSA) is 57.7 Å². The zero-order chi connectivity index (χ0) is 21.0. The number of rotatable bonds is 5. The van der Waals surface area contributed by atoms with Crippen molar-refractivity contribution in [2.75, 3.05) is 50.1 Å². The number of nitrogens with one attached hydrogen (secondary N) is 1. The molecule has 10 heteroatoms.